The number of ether oxygens (including phenoxy) is 1. The Morgan fingerprint density at radius 3 is 2.38 bits per heavy atom. The minimum absolute atomic E-state index is 0.00800. The molecular weight excluding hydrogens is 284 g/mol. The maximum atomic E-state index is 7.38. The third kappa shape index (κ3) is 3.99. The third-order valence-electron chi connectivity index (χ3n) is 3.31. The summed E-state index contributed by atoms with van der Waals surface area (Å²) in [5.41, 5.74) is 8.20. The lowest BCUT2D eigenvalue weighted by Crippen LogP contribution is -2.11. The number of hydrogen-bond acceptors (Lipinski definition) is 2. The predicted molar refractivity (Wildman–Crippen MR) is 87.3 cm³/mol. The molecule has 21 heavy (non-hydrogen) atoms. The molecule has 0 atom stereocenters. The van der Waals surface area contributed by atoms with Crippen molar-refractivity contribution in [3.8, 4) is 5.75 Å². The Bertz CT molecular complexity index is 636. The number of nitrogens with two attached hydrogens (primary N) is 1. The van der Waals surface area contributed by atoms with Crippen LogP contribution in [0, 0.1) is 5.41 Å². The molecule has 2 rings (SSSR count). The lowest BCUT2D eigenvalue weighted by molar-refractivity contribution is 0.306. The largest absolute Gasteiger partial charge is 0.489 e. The van der Waals surface area contributed by atoms with Crippen LogP contribution in [0.1, 0.15) is 36.5 Å². The van der Waals surface area contributed by atoms with Crippen LogP contribution in [0.5, 0.6) is 5.75 Å². The van der Waals surface area contributed by atoms with E-state index >= 15 is 0 Å². The van der Waals surface area contributed by atoms with Crippen LogP contribution in [0.15, 0.2) is 42.5 Å². The van der Waals surface area contributed by atoms with E-state index in [4.69, 9.17) is 27.5 Å². The second-order valence-electron chi connectivity index (χ2n) is 5.23. The van der Waals surface area contributed by atoms with Crippen LogP contribution < -0.4 is 10.5 Å². The molecule has 0 amide bonds. The fraction of sp³-hybridized carbons (Fsp3) is 0.235. The number of benzene rings is 2. The van der Waals surface area contributed by atoms with Crippen molar-refractivity contribution < 1.29 is 4.74 Å². The minimum atomic E-state index is 0.00800. The van der Waals surface area contributed by atoms with E-state index in [1.807, 2.05) is 18.2 Å². The summed E-state index contributed by atoms with van der Waals surface area (Å²) in [6.45, 7) is 4.70. The Morgan fingerprint density at radius 1 is 1.19 bits per heavy atom. The van der Waals surface area contributed by atoms with Gasteiger partial charge >= 0.3 is 0 Å². The molecule has 0 saturated heterocycles. The molecule has 0 aliphatic carbocycles. The fourth-order valence-corrected chi connectivity index (χ4v) is 2.18. The number of rotatable bonds is 5. The highest BCUT2D eigenvalue weighted by Gasteiger charge is 2.05. The highest BCUT2D eigenvalue weighted by molar-refractivity contribution is 6.31. The summed E-state index contributed by atoms with van der Waals surface area (Å²) in [5.74, 6) is 1.33. The van der Waals surface area contributed by atoms with Crippen LogP contribution in [0.3, 0.4) is 0 Å². The predicted octanol–water partition coefficient (Wildman–Crippen LogP) is 4.33. The van der Waals surface area contributed by atoms with Crippen LogP contribution in [0.2, 0.25) is 5.02 Å². The molecule has 0 spiro atoms. The molecule has 0 aliphatic heterocycles. The average molecular weight is 303 g/mol. The molecule has 0 aliphatic rings. The molecule has 0 aromatic heterocycles. The van der Waals surface area contributed by atoms with Crippen molar-refractivity contribution in [1.29, 1.82) is 5.41 Å². The topological polar surface area (TPSA) is 59.1 Å². The molecule has 0 saturated carbocycles. The first-order valence-electron chi connectivity index (χ1n) is 6.83. The van der Waals surface area contributed by atoms with Gasteiger partial charge in [-0.25, -0.2) is 0 Å². The molecule has 0 radical (unpaired) electrons. The van der Waals surface area contributed by atoms with Gasteiger partial charge in [0.1, 0.15) is 18.2 Å². The van der Waals surface area contributed by atoms with E-state index in [0.717, 1.165) is 11.3 Å². The monoisotopic (exact) mass is 302 g/mol. The Kier molecular flexibility index (Phi) is 4.86. The van der Waals surface area contributed by atoms with Crippen molar-refractivity contribution >= 4 is 17.4 Å². The third-order valence-corrected chi connectivity index (χ3v) is 3.66. The van der Waals surface area contributed by atoms with Crippen molar-refractivity contribution in [1.82, 2.24) is 0 Å². The van der Waals surface area contributed by atoms with Gasteiger partial charge in [-0.15, -0.1) is 0 Å². The first-order valence-corrected chi connectivity index (χ1v) is 7.20. The maximum Gasteiger partial charge on any atom is 0.122 e. The highest BCUT2D eigenvalue weighted by Crippen LogP contribution is 2.22. The van der Waals surface area contributed by atoms with Gasteiger partial charge in [0, 0.05) is 16.1 Å². The van der Waals surface area contributed by atoms with Crippen LogP contribution >= 0.6 is 11.6 Å². The van der Waals surface area contributed by atoms with Gasteiger partial charge in [0.05, 0.1) is 0 Å². The van der Waals surface area contributed by atoms with E-state index < -0.39 is 0 Å². The molecule has 0 bridgehead atoms. The van der Waals surface area contributed by atoms with E-state index in [0.29, 0.717) is 23.1 Å². The molecule has 2 aromatic carbocycles. The summed E-state index contributed by atoms with van der Waals surface area (Å²) >= 11 is 6.17. The Morgan fingerprint density at radius 2 is 1.86 bits per heavy atom. The minimum Gasteiger partial charge on any atom is -0.489 e. The summed E-state index contributed by atoms with van der Waals surface area (Å²) in [5, 5.41) is 7.94. The first kappa shape index (κ1) is 15.4. The molecule has 3 N–H and O–H groups in total. The summed E-state index contributed by atoms with van der Waals surface area (Å²) in [6, 6.07) is 13.4. The quantitative estimate of drug-likeness (QED) is 0.638. The van der Waals surface area contributed by atoms with E-state index in [1.165, 1.54) is 5.56 Å². The number of nitrogens with one attached hydrogen (secondary N) is 1. The SMILES string of the molecule is CC(C)c1ccc(OCc2ccc(C(=N)N)cc2Cl)cc1. The van der Waals surface area contributed by atoms with Crippen molar-refractivity contribution in [3.05, 3.63) is 64.2 Å². The second kappa shape index (κ2) is 6.64. The van der Waals surface area contributed by atoms with Crippen molar-refractivity contribution in [2.45, 2.75) is 26.4 Å². The number of hydrogen-bond donors (Lipinski definition) is 2. The summed E-state index contributed by atoms with van der Waals surface area (Å²) in [6.07, 6.45) is 0. The lowest BCUT2D eigenvalue weighted by Gasteiger charge is -2.10. The fourth-order valence-electron chi connectivity index (χ4n) is 1.94. The van der Waals surface area contributed by atoms with Crippen LogP contribution in [-0.4, -0.2) is 5.84 Å². The van der Waals surface area contributed by atoms with Gasteiger partial charge in [-0.3, -0.25) is 5.41 Å². The van der Waals surface area contributed by atoms with Crippen LogP contribution in [-0.2, 0) is 6.61 Å². The van der Waals surface area contributed by atoms with E-state index in [-0.39, 0.29) is 5.84 Å². The zero-order valence-corrected chi connectivity index (χ0v) is 12.9. The second-order valence-corrected chi connectivity index (χ2v) is 5.64. The van der Waals surface area contributed by atoms with Gasteiger partial charge in [-0.2, -0.15) is 0 Å². The summed E-state index contributed by atoms with van der Waals surface area (Å²) in [7, 11) is 0. The van der Waals surface area contributed by atoms with Crippen LogP contribution in [0.25, 0.3) is 0 Å². The number of nitrogen functional groups attached to an aromatic ring is 1. The molecular formula is C17H19ClN2O. The number of halogens is 1. The van der Waals surface area contributed by atoms with Gasteiger partial charge in [0.25, 0.3) is 0 Å². The van der Waals surface area contributed by atoms with Gasteiger partial charge < -0.3 is 10.5 Å². The zero-order chi connectivity index (χ0) is 15.4. The van der Waals surface area contributed by atoms with Crippen molar-refractivity contribution in [3.63, 3.8) is 0 Å². The standard InChI is InChI=1S/C17H19ClN2O/c1-11(2)12-5-7-15(8-6-12)21-10-14-4-3-13(17(19)20)9-16(14)18/h3-9,11H,10H2,1-2H3,(H3,19,20). The maximum absolute atomic E-state index is 7.38. The Balaban J connectivity index is 2.04. The lowest BCUT2D eigenvalue weighted by atomic mass is 10.0. The van der Waals surface area contributed by atoms with Crippen LogP contribution in [0.4, 0.5) is 0 Å². The molecule has 4 heteroatoms. The van der Waals surface area contributed by atoms with Gasteiger partial charge in [-0.1, -0.05) is 49.7 Å². The average Bonchev–Trinajstić information content (AvgIpc) is 2.46. The number of amidine groups is 1. The van der Waals surface area contributed by atoms with Gasteiger partial charge in [0.2, 0.25) is 0 Å². The van der Waals surface area contributed by atoms with Crippen molar-refractivity contribution in [2.24, 2.45) is 5.73 Å². The smallest absolute Gasteiger partial charge is 0.122 e. The molecule has 0 unspecified atom stereocenters. The van der Waals surface area contributed by atoms with Gasteiger partial charge in [0.15, 0.2) is 0 Å². The Labute approximate surface area is 130 Å². The van der Waals surface area contributed by atoms with E-state index in [2.05, 4.69) is 26.0 Å². The Hall–Kier alpha value is -2.00. The molecule has 110 valence electrons. The molecule has 3 nitrogen and oxygen atoms in total. The van der Waals surface area contributed by atoms with E-state index in [1.54, 1.807) is 12.1 Å². The van der Waals surface area contributed by atoms with E-state index in [9.17, 15) is 0 Å². The molecule has 2 aromatic rings. The van der Waals surface area contributed by atoms with Crippen molar-refractivity contribution in [2.75, 3.05) is 0 Å². The summed E-state index contributed by atoms with van der Waals surface area (Å²) < 4.78 is 5.74. The molecule has 0 fully saturated rings. The zero-order valence-electron chi connectivity index (χ0n) is 12.2. The summed E-state index contributed by atoms with van der Waals surface area (Å²) in [4.78, 5) is 0. The molecule has 0 heterocycles. The highest BCUT2D eigenvalue weighted by atomic mass is 35.5. The first-order chi connectivity index (χ1) is 9.97. The van der Waals surface area contributed by atoms with Gasteiger partial charge in [-0.05, 0) is 29.7 Å². The normalized spacial score (nSPS) is 10.7.